The summed E-state index contributed by atoms with van der Waals surface area (Å²) >= 11 is 0. The van der Waals surface area contributed by atoms with Crippen LogP contribution in [0.2, 0.25) is 0 Å². The van der Waals surface area contributed by atoms with Crippen molar-refractivity contribution in [1.82, 2.24) is 5.32 Å². The fourth-order valence-electron chi connectivity index (χ4n) is 2.27. The van der Waals surface area contributed by atoms with Crippen molar-refractivity contribution in [1.29, 1.82) is 0 Å². The zero-order valence-corrected chi connectivity index (χ0v) is 11.2. The summed E-state index contributed by atoms with van der Waals surface area (Å²) in [6.07, 6.45) is 0. The molecule has 1 aliphatic heterocycles. The highest BCUT2D eigenvalue weighted by Gasteiger charge is 2.22. The number of benzene rings is 2. The number of likely N-dealkylation sites (N-methyl/N-ethyl adjacent to an activating group) is 1. The van der Waals surface area contributed by atoms with Crippen molar-refractivity contribution < 1.29 is 13.9 Å². The second-order valence-corrected chi connectivity index (χ2v) is 4.77. The number of ether oxygens (including phenoxy) is 2. The molecule has 0 saturated heterocycles. The number of hydrogen-bond donors (Lipinski definition) is 1. The molecule has 3 rings (SSSR count). The van der Waals surface area contributed by atoms with Gasteiger partial charge in [0, 0.05) is 11.6 Å². The van der Waals surface area contributed by atoms with Crippen LogP contribution < -0.4 is 14.8 Å². The van der Waals surface area contributed by atoms with Gasteiger partial charge in [-0.2, -0.15) is 0 Å². The SMILES string of the molecule is CNC1COc2cc(OCc3ccc(F)cc3)ccc21. The van der Waals surface area contributed by atoms with Crippen molar-refractivity contribution in [2.75, 3.05) is 13.7 Å². The van der Waals surface area contributed by atoms with Crippen LogP contribution in [0.4, 0.5) is 4.39 Å². The van der Waals surface area contributed by atoms with E-state index in [9.17, 15) is 4.39 Å². The van der Waals surface area contributed by atoms with E-state index in [1.807, 2.05) is 25.2 Å². The van der Waals surface area contributed by atoms with Crippen LogP contribution in [0.25, 0.3) is 0 Å². The molecule has 0 aliphatic carbocycles. The van der Waals surface area contributed by atoms with Crippen molar-refractivity contribution in [2.45, 2.75) is 12.6 Å². The fraction of sp³-hybridized carbons (Fsp3) is 0.250. The maximum Gasteiger partial charge on any atom is 0.127 e. The van der Waals surface area contributed by atoms with Crippen molar-refractivity contribution in [3.8, 4) is 11.5 Å². The first-order chi connectivity index (χ1) is 9.76. The second kappa shape index (κ2) is 5.51. The smallest absolute Gasteiger partial charge is 0.127 e. The summed E-state index contributed by atoms with van der Waals surface area (Å²) in [6.45, 7) is 1.06. The maximum atomic E-state index is 12.8. The van der Waals surface area contributed by atoms with Crippen LogP contribution in [0.1, 0.15) is 17.2 Å². The molecule has 4 heteroatoms. The van der Waals surface area contributed by atoms with Crippen molar-refractivity contribution in [2.24, 2.45) is 0 Å². The Labute approximate surface area is 117 Å². The lowest BCUT2D eigenvalue weighted by atomic mass is 10.1. The van der Waals surface area contributed by atoms with Crippen molar-refractivity contribution in [3.63, 3.8) is 0 Å². The minimum atomic E-state index is -0.238. The Morgan fingerprint density at radius 3 is 2.80 bits per heavy atom. The molecule has 2 aromatic rings. The summed E-state index contributed by atoms with van der Waals surface area (Å²) in [4.78, 5) is 0. The maximum absolute atomic E-state index is 12.8. The molecule has 1 N–H and O–H groups in total. The van der Waals surface area contributed by atoms with Crippen LogP contribution in [0.5, 0.6) is 11.5 Å². The quantitative estimate of drug-likeness (QED) is 0.928. The van der Waals surface area contributed by atoms with E-state index in [0.29, 0.717) is 13.2 Å². The molecule has 1 unspecified atom stereocenters. The van der Waals surface area contributed by atoms with Crippen molar-refractivity contribution >= 4 is 0 Å². The van der Waals surface area contributed by atoms with Crippen LogP contribution in [-0.2, 0) is 6.61 Å². The third kappa shape index (κ3) is 2.60. The Bertz CT molecular complexity index is 598. The molecule has 0 aromatic heterocycles. The van der Waals surface area contributed by atoms with Gasteiger partial charge in [0.1, 0.15) is 30.5 Å². The van der Waals surface area contributed by atoms with Crippen LogP contribution in [0.15, 0.2) is 42.5 Å². The molecule has 0 bridgehead atoms. The zero-order valence-electron chi connectivity index (χ0n) is 11.2. The molecule has 20 heavy (non-hydrogen) atoms. The minimum Gasteiger partial charge on any atom is -0.491 e. The summed E-state index contributed by atoms with van der Waals surface area (Å²) in [5.74, 6) is 1.38. The Balaban J connectivity index is 1.68. The summed E-state index contributed by atoms with van der Waals surface area (Å²) in [6, 6.07) is 12.4. The Morgan fingerprint density at radius 1 is 1.25 bits per heavy atom. The van der Waals surface area contributed by atoms with E-state index < -0.39 is 0 Å². The average Bonchev–Trinajstić information content (AvgIpc) is 2.89. The van der Waals surface area contributed by atoms with Gasteiger partial charge >= 0.3 is 0 Å². The van der Waals surface area contributed by atoms with Gasteiger partial charge in [-0.05, 0) is 36.9 Å². The van der Waals surface area contributed by atoms with Crippen LogP contribution in [0.3, 0.4) is 0 Å². The lowest BCUT2D eigenvalue weighted by molar-refractivity contribution is 0.298. The van der Waals surface area contributed by atoms with Gasteiger partial charge < -0.3 is 14.8 Å². The molecule has 0 saturated carbocycles. The molecule has 0 radical (unpaired) electrons. The summed E-state index contributed by atoms with van der Waals surface area (Å²) in [5.41, 5.74) is 2.09. The van der Waals surface area contributed by atoms with E-state index in [1.54, 1.807) is 12.1 Å². The molecular formula is C16H16FNO2. The van der Waals surface area contributed by atoms with Gasteiger partial charge in [0.05, 0.1) is 6.04 Å². The number of halogens is 1. The second-order valence-electron chi connectivity index (χ2n) is 4.77. The predicted molar refractivity (Wildman–Crippen MR) is 74.5 cm³/mol. The molecule has 0 fully saturated rings. The fourth-order valence-corrected chi connectivity index (χ4v) is 2.27. The molecule has 104 valence electrons. The van der Waals surface area contributed by atoms with E-state index in [1.165, 1.54) is 12.1 Å². The highest BCUT2D eigenvalue weighted by molar-refractivity contribution is 5.45. The van der Waals surface area contributed by atoms with Gasteiger partial charge in [-0.1, -0.05) is 12.1 Å². The van der Waals surface area contributed by atoms with Gasteiger partial charge in [0.15, 0.2) is 0 Å². The molecule has 2 aromatic carbocycles. The number of hydrogen-bond acceptors (Lipinski definition) is 3. The number of rotatable bonds is 4. The predicted octanol–water partition coefficient (Wildman–Crippen LogP) is 3.06. The van der Waals surface area contributed by atoms with Crippen LogP contribution in [0, 0.1) is 5.82 Å². The first kappa shape index (κ1) is 12.9. The normalized spacial score (nSPS) is 16.6. The molecule has 0 amide bonds. The lowest BCUT2D eigenvalue weighted by Gasteiger charge is -2.09. The van der Waals surface area contributed by atoms with E-state index in [-0.39, 0.29) is 11.9 Å². The first-order valence-corrected chi connectivity index (χ1v) is 6.57. The summed E-state index contributed by atoms with van der Waals surface area (Å²) < 4.78 is 24.1. The third-order valence-corrected chi connectivity index (χ3v) is 3.43. The standard InChI is InChI=1S/C16H16FNO2/c1-18-15-10-20-16-8-13(6-7-14(15)16)19-9-11-2-4-12(17)5-3-11/h2-8,15,18H,9-10H2,1H3. The van der Waals surface area contributed by atoms with Gasteiger partial charge in [-0.3, -0.25) is 0 Å². The Hall–Kier alpha value is -2.07. The van der Waals surface area contributed by atoms with Gasteiger partial charge in [0.2, 0.25) is 0 Å². The zero-order chi connectivity index (χ0) is 13.9. The molecule has 1 heterocycles. The average molecular weight is 273 g/mol. The highest BCUT2D eigenvalue weighted by Crippen LogP contribution is 2.35. The molecule has 0 spiro atoms. The van der Waals surface area contributed by atoms with E-state index in [0.717, 1.165) is 22.6 Å². The largest absolute Gasteiger partial charge is 0.491 e. The molecule has 1 atom stereocenters. The Kier molecular flexibility index (Phi) is 3.56. The van der Waals surface area contributed by atoms with E-state index >= 15 is 0 Å². The highest BCUT2D eigenvalue weighted by atomic mass is 19.1. The third-order valence-electron chi connectivity index (χ3n) is 3.43. The Morgan fingerprint density at radius 2 is 2.05 bits per heavy atom. The molecular weight excluding hydrogens is 257 g/mol. The molecule has 1 aliphatic rings. The van der Waals surface area contributed by atoms with Gasteiger partial charge in [-0.25, -0.2) is 4.39 Å². The van der Waals surface area contributed by atoms with E-state index in [2.05, 4.69) is 5.32 Å². The summed E-state index contributed by atoms with van der Waals surface area (Å²) in [7, 11) is 1.92. The first-order valence-electron chi connectivity index (χ1n) is 6.57. The van der Waals surface area contributed by atoms with Crippen LogP contribution in [-0.4, -0.2) is 13.7 Å². The number of fused-ring (bicyclic) bond motifs is 1. The molecule has 3 nitrogen and oxygen atoms in total. The van der Waals surface area contributed by atoms with Gasteiger partial charge in [-0.15, -0.1) is 0 Å². The number of nitrogens with one attached hydrogen (secondary N) is 1. The van der Waals surface area contributed by atoms with Crippen molar-refractivity contribution in [3.05, 3.63) is 59.4 Å². The lowest BCUT2D eigenvalue weighted by Crippen LogP contribution is -2.17. The van der Waals surface area contributed by atoms with E-state index in [4.69, 9.17) is 9.47 Å². The monoisotopic (exact) mass is 273 g/mol. The van der Waals surface area contributed by atoms with Gasteiger partial charge in [0.25, 0.3) is 0 Å². The minimum absolute atomic E-state index is 0.238. The van der Waals surface area contributed by atoms with Crippen LogP contribution >= 0.6 is 0 Å². The topological polar surface area (TPSA) is 30.5 Å². The summed E-state index contributed by atoms with van der Waals surface area (Å²) in [5, 5.41) is 3.20.